The van der Waals surface area contributed by atoms with Crippen LogP contribution in [0.2, 0.25) is 0 Å². The van der Waals surface area contributed by atoms with Crippen molar-refractivity contribution in [3.8, 4) is 0 Å². The lowest BCUT2D eigenvalue weighted by Gasteiger charge is -2.40. The molecule has 9 nitrogen and oxygen atoms in total. The van der Waals surface area contributed by atoms with E-state index in [1.165, 1.54) is 244 Å². The summed E-state index contributed by atoms with van der Waals surface area (Å²) in [5.74, 6) is -0.136. The molecule has 0 bridgehead atoms. The lowest BCUT2D eigenvalue weighted by molar-refractivity contribution is -0.302. The van der Waals surface area contributed by atoms with E-state index in [1.807, 2.05) is 0 Å². The molecule has 0 aliphatic carbocycles. The van der Waals surface area contributed by atoms with E-state index in [4.69, 9.17) is 9.47 Å². The number of amides is 1. The number of nitrogens with one attached hydrogen (secondary N) is 1. The zero-order valence-corrected chi connectivity index (χ0v) is 44.4. The first-order valence-corrected chi connectivity index (χ1v) is 29.7. The maximum absolute atomic E-state index is 13.1. The molecule has 7 atom stereocenters. The minimum absolute atomic E-state index is 0.131. The number of hydrogen-bond donors (Lipinski definition) is 6. The summed E-state index contributed by atoms with van der Waals surface area (Å²) in [7, 11) is 0. The van der Waals surface area contributed by atoms with Gasteiger partial charge in [-0.3, -0.25) is 4.79 Å². The summed E-state index contributed by atoms with van der Waals surface area (Å²) in [5.41, 5.74) is 0. The molecule has 1 saturated heterocycles. The van der Waals surface area contributed by atoms with Gasteiger partial charge < -0.3 is 40.3 Å². The quantitative estimate of drug-likeness (QED) is 0.0330. The number of carbonyl (C=O) groups is 1. The molecule has 400 valence electrons. The van der Waals surface area contributed by atoms with Crippen LogP contribution in [-0.4, -0.2) is 87.5 Å². The summed E-state index contributed by atoms with van der Waals surface area (Å²) >= 11 is 0. The Labute approximate surface area is 414 Å². The molecule has 6 N–H and O–H groups in total. The maximum Gasteiger partial charge on any atom is 0.220 e. The Morgan fingerprint density at radius 1 is 0.448 bits per heavy atom. The zero-order chi connectivity index (χ0) is 48.7. The average Bonchev–Trinajstić information content (AvgIpc) is 3.33. The van der Waals surface area contributed by atoms with Crippen molar-refractivity contribution >= 4 is 5.91 Å². The second kappa shape index (κ2) is 48.8. The van der Waals surface area contributed by atoms with Crippen molar-refractivity contribution in [1.82, 2.24) is 5.32 Å². The molecule has 0 saturated carbocycles. The predicted molar refractivity (Wildman–Crippen MR) is 281 cm³/mol. The fourth-order valence-corrected chi connectivity index (χ4v) is 9.99. The standard InChI is InChI=1S/C58H115NO8/c1-3-5-7-9-11-13-15-17-19-21-22-23-24-25-26-27-28-29-30-31-32-34-36-38-40-42-44-46-48-54(62)59-51(50-66-58-57(65)56(64)55(63)53(49-60)67-58)52(61)47-45-43-41-39-37-35-33-20-18-16-14-12-10-8-6-4-2/h51-53,55-58,60-61,63-65H,3-50H2,1-2H3,(H,59,62). The minimum Gasteiger partial charge on any atom is -0.394 e. The predicted octanol–water partition coefficient (Wildman–Crippen LogP) is 14.6. The highest BCUT2D eigenvalue weighted by atomic mass is 16.7. The van der Waals surface area contributed by atoms with Crippen LogP contribution < -0.4 is 5.32 Å². The Kier molecular flexibility index (Phi) is 46.8. The molecule has 1 amide bonds. The van der Waals surface area contributed by atoms with E-state index in [2.05, 4.69) is 19.2 Å². The average molecular weight is 955 g/mol. The smallest absolute Gasteiger partial charge is 0.220 e. The van der Waals surface area contributed by atoms with E-state index in [-0.39, 0.29) is 12.5 Å². The van der Waals surface area contributed by atoms with E-state index in [9.17, 15) is 30.3 Å². The van der Waals surface area contributed by atoms with Gasteiger partial charge in [-0.2, -0.15) is 0 Å². The first kappa shape index (κ1) is 64.2. The van der Waals surface area contributed by atoms with Crippen LogP contribution in [0.1, 0.15) is 309 Å². The highest BCUT2D eigenvalue weighted by Crippen LogP contribution is 2.23. The van der Waals surface area contributed by atoms with Gasteiger partial charge in [0.25, 0.3) is 0 Å². The Balaban J connectivity index is 2.13. The van der Waals surface area contributed by atoms with Crippen molar-refractivity contribution in [2.75, 3.05) is 13.2 Å². The van der Waals surface area contributed by atoms with Crippen LogP contribution in [0.15, 0.2) is 0 Å². The number of aliphatic hydroxyl groups excluding tert-OH is 5. The van der Waals surface area contributed by atoms with Crippen LogP contribution >= 0.6 is 0 Å². The van der Waals surface area contributed by atoms with Crippen molar-refractivity contribution in [2.45, 2.75) is 352 Å². The molecule has 1 fully saturated rings. The Hall–Kier alpha value is -0.810. The van der Waals surface area contributed by atoms with E-state index in [0.29, 0.717) is 12.8 Å². The van der Waals surface area contributed by atoms with Crippen molar-refractivity contribution < 1.29 is 39.8 Å². The van der Waals surface area contributed by atoms with Gasteiger partial charge in [-0.1, -0.05) is 290 Å². The number of carbonyl (C=O) groups excluding carboxylic acids is 1. The van der Waals surface area contributed by atoms with Crippen molar-refractivity contribution in [2.24, 2.45) is 0 Å². The topological polar surface area (TPSA) is 149 Å². The maximum atomic E-state index is 13.1. The largest absolute Gasteiger partial charge is 0.394 e. The monoisotopic (exact) mass is 954 g/mol. The van der Waals surface area contributed by atoms with E-state index in [1.54, 1.807) is 0 Å². The van der Waals surface area contributed by atoms with Crippen LogP contribution in [0.3, 0.4) is 0 Å². The molecule has 7 unspecified atom stereocenters. The summed E-state index contributed by atoms with van der Waals surface area (Å²) in [5, 5.41) is 54.7. The fraction of sp³-hybridized carbons (Fsp3) is 0.983. The molecule has 0 aromatic carbocycles. The summed E-state index contributed by atoms with van der Waals surface area (Å²) in [4.78, 5) is 13.1. The van der Waals surface area contributed by atoms with E-state index >= 15 is 0 Å². The molecule has 1 rings (SSSR count). The third-order valence-corrected chi connectivity index (χ3v) is 14.7. The van der Waals surface area contributed by atoms with Gasteiger partial charge in [-0.25, -0.2) is 0 Å². The van der Waals surface area contributed by atoms with Crippen LogP contribution in [0.4, 0.5) is 0 Å². The molecule has 9 heteroatoms. The SMILES string of the molecule is CCCCCCCCCCCCCCCCCCCCCCCCCCCCCCC(=O)NC(COC1OC(CO)C(O)C(O)C1O)C(O)CCCCCCCCCCCCCCCCCC. The number of hydrogen-bond acceptors (Lipinski definition) is 8. The van der Waals surface area contributed by atoms with Crippen LogP contribution in [0.5, 0.6) is 0 Å². The molecule has 0 aromatic heterocycles. The van der Waals surface area contributed by atoms with Gasteiger partial charge in [-0.15, -0.1) is 0 Å². The van der Waals surface area contributed by atoms with Crippen molar-refractivity contribution in [3.05, 3.63) is 0 Å². The molecule has 1 aliphatic rings. The third kappa shape index (κ3) is 38.5. The van der Waals surface area contributed by atoms with Gasteiger partial charge in [0.15, 0.2) is 6.29 Å². The summed E-state index contributed by atoms with van der Waals surface area (Å²) in [6, 6.07) is -0.713. The highest BCUT2D eigenvalue weighted by Gasteiger charge is 2.44. The van der Waals surface area contributed by atoms with Gasteiger partial charge in [0.05, 0.1) is 25.4 Å². The van der Waals surface area contributed by atoms with E-state index < -0.39 is 49.5 Å². The molecule has 0 spiro atoms. The van der Waals surface area contributed by atoms with Gasteiger partial charge in [0.1, 0.15) is 24.4 Å². The molecular weight excluding hydrogens is 839 g/mol. The van der Waals surface area contributed by atoms with E-state index in [0.717, 1.165) is 38.5 Å². The first-order valence-electron chi connectivity index (χ1n) is 29.7. The molecule has 1 aliphatic heterocycles. The fourth-order valence-electron chi connectivity index (χ4n) is 9.99. The number of rotatable bonds is 52. The van der Waals surface area contributed by atoms with Crippen LogP contribution in [-0.2, 0) is 14.3 Å². The normalized spacial score (nSPS) is 19.5. The second-order valence-electron chi connectivity index (χ2n) is 21.2. The summed E-state index contributed by atoms with van der Waals surface area (Å²) in [6.07, 6.45) is 51.4. The van der Waals surface area contributed by atoms with Crippen LogP contribution in [0.25, 0.3) is 0 Å². The number of unbranched alkanes of at least 4 members (excludes halogenated alkanes) is 42. The summed E-state index contributed by atoms with van der Waals surface area (Å²) in [6.45, 7) is 3.88. The van der Waals surface area contributed by atoms with Crippen molar-refractivity contribution in [1.29, 1.82) is 0 Å². The van der Waals surface area contributed by atoms with Crippen molar-refractivity contribution in [3.63, 3.8) is 0 Å². The van der Waals surface area contributed by atoms with Gasteiger partial charge >= 0.3 is 0 Å². The van der Waals surface area contributed by atoms with Crippen LogP contribution in [0, 0.1) is 0 Å². The van der Waals surface area contributed by atoms with Gasteiger partial charge in [-0.05, 0) is 12.8 Å². The Bertz CT molecular complexity index is 1020. The number of ether oxygens (including phenoxy) is 2. The lowest BCUT2D eigenvalue weighted by atomic mass is 9.99. The van der Waals surface area contributed by atoms with Gasteiger partial charge in [0.2, 0.25) is 5.91 Å². The second-order valence-corrected chi connectivity index (χ2v) is 21.2. The zero-order valence-electron chi connectivity index (χ0n) is 44.4. The minimum atomic E-state index is -1.55. The number of aliphatic hydroxyl groups is 5. The molecule has 1 heterocycles. The highest BCUT2D eigenvalue weighted by molar-refractivity contribution is 5.76. The molecule has 0 aromatic rings. The molecule has 0 radical (unpaired) electrons. The first-order chi connectivity index (χ1) is 32.8. The molecule has 67 heavy (non-hydrogen) atoms. The van der Waals surface area contributed by atoms with Gasteiger partial charge in [0, 0.05) is 6.42 Å². The third-order valence-electron chi connectivity index (χ3n) is 14.7. The Morgan fingerprint density at radius 3 is 1.06 bits per heavy atom. The Morgan fingerprint density at radius 2 is 0.746 bits per heavy atom. The lowest BCUT2D eigenvalue weighted by Crippen LogP contribution is -2.60. The summed E-state index contributed by atoms with van der Waals surface area (Å²) < 4.78 is 11.3. The molecular formula is C58H115NO8.